The minimum absolute atomic E-state index is 0.103. The second-order valence-electron chi connectivity index (χ2n) is 3.69. The summed E-state index contributed by atoms with van der Waals surface area (Å²) >= 11 is 0. The molecule has 0 unspecified atom stereocenters. The molecule has 1 aromatic rings. The molecule has 0 heterocycles. The molecule has 2 N–H and O–H groups in total. The highest BCUT2D eigenvalue weighted by atomic mass is 16.2. The molecule has 0 aliphatic carbocycles. The van der Waals surface area contributed by atoms with E-state index >= 15 is 0 Å². The van der Waals surface area contributed by atoms with E-state index in [9.17, 15) is 9.59 Å². The molecule has 92 valence electrons. The van der Waals surface area contributed by atoms with Crippen LogP contribution in [0.1, 0.15) is 41.0 Å². The van der Waals surface area contributed by atoms with Crippen molar-refractivity contribution >= 4 is 11.8 Å². The van der Waals surface area contributed by atoms with E-state index in [4.69, 9.17) is 0 Å². The summed E-state index contributed by atoms with van der Waals surface area (Å²) in [6, 6.07) is 6.64. The summed E-state index contributed by atoms with van der Waals surface area (Å²) in [4.78, 5) is 23.1. The van der Waals surface area contributed by atoms with Crippen LogP contribution in [-0.2, 0) is 0 Å². The van der Waals surface area contributed by atoms with E-state index < -0.39 is 0 Å². The Labute approximate surface area is 101 Å². The lowest BCUT2D eigenvalue weighted by Gasteiger charge is -2.05. The predicted molar refractivity (Wildman–Crippen MR) is 67.1 cm³/mol. The topological polar surface area (TPSA) is 58.2 Å². The maximum absolute atomic E-state index is 11.6. The number of hydrogen-bond donors (Lipinski definition) is 2. The Hall–Kier alpha value is -1.84. The van der Waals surface area contributed by atoms with Gasteiger partial charge in [-0.1, -0.05) is 6.92 Å². The molecule has 0 saturated heterocycles. The number of amides is 2. The van der Waals surface area contributed by atoms with E-state index in [-0.39, 0.29) is 11.8 Å². The Kier molecular flexibility index (Phi) is 5.20. The number of carbonyl (C=O) groups is 2. The Morgan fingerprint density at radius 1 is 0.941 bits per heavy atom. The van der Waals surface area contributed by atoms with Crippen LogP contribution in [0, 0.1) is 0 Å². The summed E-state index contributed by atoms with van der Waals surface area (Å²) in [5.74, 6) is -0.220. The fourth-order valence-corrected chi connectivity index (χ4v) is 1.38. The van der Waals surface area contributed by atoms with Crippen LogP contribution >= 0.6 is 0 Å². The van der Waals surface area contributed by atoms with E-state index in [0.717, 1.165) is 6.42 Å². The largest absolute Gasteiger partial charge is 0.352 e. The summed E-state index contributed by atoms with van der Waals surface area (Å²) in [6.07, 6.45) is 0.905. The Morgan fingerprint density at radius 2 is 1.41 bits per heavy atom. The first-order chi connectivity index (χ1) is 8.19. The zero-order valence-corrected chi connectivity index (χ0v) is 10.2. The van der Waals surface area contributed by atoms with Gasteiger partial charge in [-0.3, -0.25) is 9.59 Å². The van der Waals surface area contributed by atoms with Gasteiger partial charge in [0.2, 0.25) is 0 Å². The van der Waals surface area contributed by atoms with Crippen molar-refractivity contribution in [2.24, 2.45) is 0 Å². The summed E-state index contributed by atoms with van der Waals surface area (Å²) in [5, 5.41) is 5.49. The average Bonchev–Trinajstić information content (AvgIpc) is 2.36. The minimum atomic E-state index is -0.118. The van der Waals surface area contributed by atoms with Crippen LogP contribution in [0.2, 0.25) is 0 Å². The van der Waals surface area contributed by atoms with Gasteiger partial charge in [0.1, 0.15) is 0 Å². The van der Waals surface area contributed by atoms with Gasteiger partial charge in [0.25, 0.3) is 11.8 Å². The standard InChI is InChI=1S/C13H18N2O2/c1-3-9-15-13(17)11-7-5-10(6-8-11)12(16)14-4-2/h5-8H,3-4,9H2,1-2H3,(H,14,16)(H,15,17). The molecule has 0 aromatic heterocycles. The van der Waals surface area contributed by atoms with Gasteiger partial charge < -0.3 is 10.6 Å². The highest BCUT2D eigenvalue weighted by molar-refractivity contribution is 5.97. The number of nitrogens with one attached hydrogen (secondary N) is 2. The number of rotatable bonds is 5. The molecular weight excluding hydrogens is 216 g/mol. The smallest absolute Gasteiger partial charge is 0.251 e. The molecule has 0 atom stereocenters. The monoisotopic (exact) mass is 234 g/mol. The van der Waals surface area contributed by atoms with E-state index in [1.807, 2.05) is 13.8 Å². The maximum atomic E-state index is 11.6. The van der Waals surface area contributed by atoms with Gasteiger partial charge in [-0.25, -0.2) is 0 Å². The number of hydrogen-bond acceptors (Lipinski definition) is 2. The highest BCUT2D eigenvalue weighted by Crippen LogP contribution is 2.04. The minimum Gasteiger partial charge on any atom is -0.352 e. The zero-order valence-electron chi connectivity index (χ0n) is 10.2. The highest BCUT2D eigenvalue weighted by Gasteiger charge is 2.07. The van der Waals surface area contributed by atoms with Crippen molar-refractivity contribution in [3.8, 4) is 0 Å². The fourth-order valence-electron chi connectivity index (χ4n) is 1.38. The third kappa shape index (κ3) is 3.90. The van der Waals surface area contributed by atoms with Crippen molar-refractivity contribution in [1.82, 2.24) is 10.6 Å². The molecule has 1 rings (SSSR count). The lowest BCUT2D eigenvalue weighted by Crippen LogP contribution is -2.25. The van der Waals surface area contributed by atoms with Crippen molar-refractivity contribution in [2.45, 2.75) is 20.3 Å². The Balaban J connectivity index is 2.67. The molecule has 0 fully saturated rings. The van der Waals surface area contributed by atoms with Crippen LogP contribution in [0.5, 0.6) is 0 Å². The normalized spacial score (nSPS) is 9.76. The molecule has 2 amide bonds. The number of carbonyl (C=O) groups excluding carboxylic acids is 2. The van der Waals surface area contributed by atoms with Crippen molar-refractivity contribution < 1.29 is 9.59 Å². The van der Waals surface area contributed by atoms with Crippen molar-refractivity contribution in [2.75, 3.05) is 13.1 Å². The molecule has 4 nitrogen and oxygen atoms in total. The van der Waals surface area contributed by atoms with Gasteiger partial charge in [0, 0.05) is 24.2 Å². The van der Waals surface area contributed by atoms with Gasteiger partial charge in [-0.2, -0.15) is 0 Å². The first kappa shape index (κ1) is 13.2. The van der Waals surface area contributed by atoms with Crippen LogP contribution in [0.3, 0.4) is 0 Å². The SMILES string of the molecule is CCCNC(=O)c1ccc(C(=O)NCC)cc1. The quantitative estimate of drug-likeness (QED) is 0.812. The second-order valence-corrected chi connectivity index (χ2v) is 3.69. The van der Waals surface area contributed by atoms with Crippen LogP contribution in [-0.4, -0.2) is 24.9 Å². The molecule has 0 bridgehead atoms. The first-order valence-electron chi connectivity index (χ1n) is 5.85. The third-order valence-corrected chi connectivity index (χ3v) is 2.28. The fraction of sp³-hybridized carbons (Fsp3) is 0.385. The summed E-state index contributed by atoms with van der Waals surface area (Å²) < 4.78 is 0. The van der Waals surface area contributed by atoms with Crippen LogP contribution in [0.15, 0.2) is 24.3 Å². The van der Waals surface area contributed by atoms with E-state index in [0.29, 0.717) is 24.2 Å². The molecule has 1 aromatic carbocycles. The van der Waals surface area contributed by atoms with E-state index in [2.05, 4.69) is 10.6 Å². The lowest BCUT2D eigenvalue weighted by atomic mass is 10.1. The van der Waals surface area contributed by atoms with Crippen LogP contribution in [0.4, 0.5) is 0 Å². The summed E-state index contributed by atoms with van der Waals surface area (Å²) in [7, 11) is 0. The lowest BCUT2D eigenvalue weighted by molar-refractivity contribution is 0.0942. The molecule has 0 aliphatic rings. The molecule has 0 aliphatic heterocycles. The van der Waals surface area contributed by atoms with Crippen molar-refractivity contribution in [1.29, 1.82) is 0 Å². The zero-order chi connectivity index (χ0) is 12.7. The van der Waals surface area contributed by atoms with Crippen LogP contribution < -0.4 is 10.6 Å². The third-order valence-electron chi connectivity index (χ3n) is 2.28. The molecule has 0 saturated carbocycles. The maximum Gasteiger partial charge on any atom is 0.251 e. The molecular formula is C13H18N2O2. The second kappa shape index (κ2) is 6.68. The average molecular weight is 234 g/mol. The van der Waals surface area contributed by atoms with Gasteiger partial charge in [0.05, 0.1) is 0 Å². The molecule has 17 heavy (non-hydrogen) atoms. The van der Waals surface area contributed by atoms with E-state index in [1.54, 1.807) is 24.3 Å². The van der Waals surface area contributed by atoms with Gasteiger partial charge in [-0.05, 0) is 37.6 Å². The van der Waals surface area contributed by atoms with E-state index in [1.165, 1.54) is 0 Å². The Morgan fingerprint density at radius 3 is 1.82 bits per heavy atom. The summed E-state index contributed by atoms with van der Waals surface area (Å²) in [5.41, 5.74) is 1.14. The van der Waals surface area contributed by atoms with Gasteiger partial charge in [0.15, 0.2) is 0 Å². The Bertz CT molecular complexity index is 385. The van der Waals surface area contributed by atoms with Crippen molar-refractivity contribution in [3.05, 3.63) is 35.4 Å². The first-order valence-corrected chi connectivity index (χ1v) is 5.85. The summed E-state index contributed by atoms with van der Waals surface area (Å²) in [6.45, 7) is 5.12. The number of benzene rings is 1. The molecule has 0 spiro atoms. The predicted octanol–water partition coefficient (Wildman–Crippen LogP) is 1.58. The van der Waals surface area contributed by atoms with Crippen LogP contribution in [0.25, 0.3) is 0 Å². The molecule has 0 radical (unpaired) electrons. The van der Waals surface area contributed by atoms with Gasteiger partial charge in [-0.15, -0.1) is 0 Å². The van der Waals surface area contributed by atoms with Gasteiger partial charge >= 0.3 is 0 Å². The molecule has 4 heteroatoms. The van der Waals surface area contributed by atoms with Crippen molar-refractivity contribution in [3.63, 3.8) is 0 Å².